The summed E-state index contributed by atoms with van der Waals surface area (Å²) in [6, 6.07) is 2.70. The van der Waals surface area contributed by atoms with Crippen LogP contribution in [-0.4, -0.2) is 12.6 Å². The highest BCUT2D eigenvalue weighted by Gasteiger charge is 1.98. The Morgan fingerprint density at radius 3 is 2.62 bits per heavy atom. The van der Waals surface area contributed by atoms with Crippen molar-refractivity contribution in [3.05, 3.63) is 0 Å². The summed E-state index contributed by atoms with van der Waals surface area (Å²) in [6.45, 7) is 5.24. The topological polar surface area (TPSA) is 35.8 Å². The van der Waals surface area contributed by atoms with E-state index in [1.165, 1.54) is 25.7 Å². The second-order valence-electron chi connectivity index (χ2n) is 3.26. The minimum absolute atomic E-state index is 0. The number of unbranched alkanes of at least 4 members (excludes halogenated alkanes) is 2. The van der Waals surface area contributed by atoms with Crippen LogP contribution in [0.15, 0.2) is 0 Å². The fraction of sp³-hybridized carbons (Fsp3) is 0.900. The van der Waals surface area contributed by atoms with Crippen molar-refractivity contribution in [3.63, 3.8) is 0 Å². The van der Waals surface area contributed by atoms with Gasteiger partial charge in [0.1, 0.15) is 0 Å². The molecular formula is C10H21ClN2. The normalized spacial score (nSPS) is 11.5. The van der Waals surface area contributed by atoms with Gasteiger partial charge in [0, 0.05) is 19.0 Å². The maximum absolute atomic E-state index is 8.30. The molecule has 3 heteroatoms. The summed E-state index contributed by atoms with van der Waals surface area (Å²) >= 11 is 0. The summed E-state index contributed by atoms with van der Waals surface area (Å²) in [7, 11) is 0. The Bertz CT molecular complexity index is 131. The number of nitrogens with one attached hydrogen (secondary N) is 1. The first-order valence-corrected chi connectivity index (χ1v) is 4.91. The molecule has 2 nitrogen and oxygen atoms in total. The van der Waals surface area contributed by atoms with Gasteiger partial charge in [0.05, 0.1) is 6.07 Å². The van der Waals surface area contributed by atoms with Gasteiger partial charge in [-0.05, 0) is 13.3 Å². The van der Waals surface area contributed by atoms with Gasteiger partial charge < -0.3 is 5.32 Å². The lowest BCUT2D eigenvalue weighted by molar-refractivity contribution is 0.493. The number of halogens is 1. The molecule has 0 aromatic carbocycles. The molecule has 0 amide bonds. The van der Waals surface area contributed by atoms with E-state index in [2.05, 4.69) is 25.2 Å². The smallest absolute Gasteiger partial charge is 0.0635 e. The van der Waals surface area contributed by atoms with Gasteiger partial charge in [0.25, 0.3) is 0 Å². The summed E-state index contributed by atoms with van der Waals surface area (Å²) in [4.78, 5) is 0. The lowest BCUT2D eigenvalue weighted by Gasteiger charge is -2.11. The standard InChI is InChI=1S/C10H20N2.ClH/c1-3-4-5-7-10(2)12-9-6-8-11;/h10,12H,3-7,9H2,1-2H3;1H. The van der Waals surface area contributed by atoms with Crippen molar-refractivity contribution in [2.45, 2.75) is 52.0 Å². The van der Waals surface area contributed by atoms with Crippen molar-refractivity contribution in [3.8, 4) is 6.07 Å². The van der Waals surface area contributed by atoms with E-state index >= 15 is 0 Å². The van der Waals surface area contributed by atoms with E-state index < -0.39 is 0 Å². The van der Waals surface area contributed by atoms with E-state index in [1.807, 2.05) is 0 Å². The van der Waals surface area contributed by atoms with Crippen LogP contribution in [0.25, 0.3) is 0 Å². The van der Waals surface area contributed by atoms with E-state index in [0.29, 0.717) is 12.5 Å². The van der Waals surface area contributed by atoms with Gasteiger partial charge in [-0.3, -0.25) is 0 Å². The van der Waals surface area contributed by atoms with Crippen LogP contribution in [0.2, 0.25) is 0 Å². The highest BCUT2D eigenvalue weighted by atomic mass is 35.5. The third-order valence-electron chi connectivity index (χ3n) is 1.97. The van der Waals surface area contributed by atoms with E-state index in [1.54, 1.807) is 0 Å². The first-order valence-electron chi connectivity index (χ1n) is 4.91. The fourth-order valence-corrected chi connectivity index (χ4v) is 1.18. The average molecular weight is 205 g/mol. The predicted octanol–water partition coefficient (Wildman–Crippen LogP) is 2.88. The Morgan fingerprint density at radius 2 is 2.08 bits per heavy atom. The summed E-state index contributed by atoms with van der Waals surface area (Å²) in [5.74, 6) is 0. The Morgan fingerprint density at radius 1 is 1.38 bits per heavy atom. The second kappa shape index (κ2) is 11.7. The maximum atomic E-state index is 8.30. The number of nitriles is 1. The van der Waals surface area contributed by atoms with Crippen molar-refractivity contribution in [1.82, 2.24) is 5.32 Å². The molecule has 1 N–H and O–H groups in total. The number of hydrogen-bond acceptors (Lipinski definition) is 2. The monoisotopic (exact) mass is 204 g/mol. The van der Waals surface area contributed by atoms with Crippen LogP contribution in [0.4, 0.5) is 0 Å². The molecule has 0 aliphatic carbocycles. The molecule has 0 aromatic rings. The predicted molar refractivity (Wildman–Crippen MR) is 59.1 cm³/mol. The average Bonchev–Trinajstić information content (AvgIpc) is 2.06. The molecule has 0 spiro atoms. The number of nitrogens with zero attached hydrogens (tertiary/aromatic N) is 1. The van der Waals surface area contributed by atoms with Gasteiger partial charge in [0.2, 0.25) is 0 Å². The van der Waals surface area contributed by atoms with E-state index in [9.17, 15) is 0 Å². The van der Waals surface area contributed by atoms with Crippen molar-refractivity contribution >= 4 is 12.4 Å². The van der Waals surface area contributed by atoms with Crippen LogP contribution in [0, 0.1) is 11.3 Å². The van der Waals surface area contributed by atoms with E-state index in [-0.39, 0.29) is 12.4 Å². The summed E-state index contributed by atoms with van der Waals surface area (Å²) < 4.78 is 0. The van der Waals surface area contributed by atoms with Gasteiger partial charge in [-0.2, -0.15) is 5.26 Å². The third kappa shape index (κ3) is 11.7. The Hall–Kier alpha value is -0.260. The highest BCUT2D eigenvalue weighted by molar-refractivity contribution is 5.85. The van der Waals surface area contributed by atoms with E-state index in [4.69, 9.17) is 5.26 Å². The van der Waals surface area contributed by atoms with Gasteiger partial charge >= 0.3 is 0 Å². The summed E-state index contributed by atoms with van der Waals surface area (Å²) in [5.41, 5.74) is 0. The zero-order chi connectivity index (χ0) is 9.23. The Kier molecular flexibility index (Phi) is 13.7. The minimum atomic E-state index is 0. The molecule has 0 saturated heterocycles. The Labute approximate surface area is 88.1 Å². The van der Waals surface area contributed by atoms with Crippen LogP contribution >= 0.6 is 12.4 Å². The summed E-state index contributed by atoms with van der Waals surface area (Å²) in [5, 5.41) is 11.6. The molecule has 1 atom stereocenters. The van der Waals surface area contributed by atoms with Crippen molar-refractivity contribution in [2.75, 3.05) is 6.54 Å². The van der Waals surface area contributed by atoms with Crippen molar-refractivity contribution in [1.29, 1.82) is 5.26 Å². The lowest BCUT2D eigenvalue weighted by atomic mass is 10.1. The highest BCUT2D eigenvalue weighted by Crippen LogP contribution is 2.02. The van der Waals surface area contributed by atoms with E-state index in [0.717, 1.165) is 6.54 Å². The van der Waals surface area contributed by atoms with Gasteiger partial charge in [-0.1, -0.05) is 26.2 Å². The molecular weight excluding hydrogens is 184 g/mol. The zero-order valence-corrected chi connectivity index (χ0v) is 9.49. The number of rotatable bonds is 7. The van der Waals surface area contributed by atoms with Crippen LogP contribution in [0.5, 0.6) is 0 Å². The quantitative estimate of drug-likeness (QED) is 0.648. The molecule has 13 heavy (non-hydrogen) atoms. The molecule has 0 heterocycles. The van der Waals surface area contributed by atoms with Gasteiger partial charge in [-0.25, -0.2) is 0 Å². The fourth-order valence-electron chi connectivity index (χ4n) is 1.18. The van der Waals surface area contributed by atoms with Gasteiger partial charge in [0.15, 0.2) is 0 Å². The molecule has 0 saturated carbocycles. The zero-order valence-electron chi connectivity index (χ0n) is 8.68. The second-order valence-corrected chi connectivity index (χ2v) is 3.26. The molecule has 1 unspecified atom stereocenters. The largest absolute Gasteiger partial charge is 0.313 e. The minimum Gasteiger partial charge on any atom is -0.313 e. The Balaban J connectivity index is 0. The van der Waals surface area contributed by atoms with Gasteiger partial charge in [-0.15, -0.1) is 12.4 Å². The lowest BCUT2D eigenvalue weighted by Crippen LogP contribution is -2.26. The first kappa shape index (κ1) is 15.2. The van der Waals surface area contributed by atoms with Crippen molar-refractivity contribution < 1.29 is 0 Å². The maximum Gasteiger partial charge on any atom is 0.0635 e. The van der Waals surface area contributed by atoms with Crippen molar-refractivity contribution in [2.24, 2.45) is 0 Å². The molecule has 78 valence electrons. The number of hydrogen-bond donors (Lipinski definition) is 1. The molecule has 0 rings (SSSR count). The molecule has 0 aliphatic rings. The van der Waals surface area contributed by atoms with Crippen LogP contribution in [0.1, 0.15) is 46.0 Å². The SMILES string of the molecule is CCCCCC(C)NCCC#N.Cl. The van der Waals surface area contributed by atoms with Crippen LogP contribution in [-0.2, 0) is 0 Å². The molecule has 0 radical (unpaired) electrons. The molecule has 0 aromatic heterocycles. The molecule has 0 bridgehead atoms. The van der Waals surface area contributed by atoms with Crippen LogP contribution < -0.4 is 5.32 Å². The molecule has 0 aliphatic heterocycles. The van der Waals surface area contributed by atoms with Crippen LogP contribution in [0.3, 0.4) is 0 Å². The third-order valence-corrected chi connectivity index (χ3v) is 1.97. The summed E-state index contributed by atoms with van der Waals surface area (Å²) in [6.07, 6.45) is 5.77. The first-order chi connectivity index (χ1) is 5.81. The molecule has 0 fully saturated rings.